The fourth-order valence-corrected chi connectivity index (χ4v) is 1.41. The number of hydrogen-bond acceptors (Lipinski definition) is 2. The molecule has 0 aliphatic heterocycles. The Morgan fingerprint density at radius 3 is 2.38 bits per heavy atom. The summed E-state index contributed by atoms with van der Waals surface area (Å²) in [5, 5.41) is 3.02. The molecule has 0 saturated heterocycles. The molecule has 80 valence electrons. The Hall–Kier alpha value is -0.220. The molecule has 1 unspecified atom stereocenters. The summed E-state index contributed by atoms with van der Waals surface area (Å²) >= 11 is 0. The molecule has 0 aromatic heterocycles. The number of nitrogens with zero attached hydrogens (tertiary/aromatic N) is 1. The third-order valence-electron chi connectivity index (χ3n) is 2.11. The van der Waals surface area contributed by atoms with Crippen molar-refractivity contribution in [1.29, 1.82) is 0 Å². The number of halogens is 2. The highest BCUT2D eigenvalue weighted by molar-refractivity contribution is 4.70. The maximum absolute atomic E-state index is 12.1. The van der Waals surface area contributed by atoms with Gasteiger partial charge in [-0.2, -0.15) is 0 Å². The summed E-state index contributed by atoms with van der Waals surface area (Å²) in [7, 11) is 3.60. The van der Waals surface area contributed by atoms with Gasteiger partial charge in [-0.25, -0.2) is 8.78 Å². The number of rotatable bonds is 7. The van der Waals surface area contributed by atoms with Crippen LogP contribution in [-0.4, -0.2) is 44.6 Å². The van der Waals surface area contributed by atoms with Gasteiger partial charge in [0.1, 0.15) is 0 Å². The summed E-state index contributed by atoms with van der Waals surface area (Å²) in [6, 6.07) is 0.226. The highest BCUT2D eigenvalue weighted by Gasteiger charge is 2.16. The van der Waals surface area contributed by atoms with Crippen molar-refractivity contribution >= 4 is 0 Å². The minimum Gasteiger partial charge on any atom is -0.318 e. The van der Waals surface area contributed by atoms with Crippen LogP contribution in [0.2, 0.25) is 0 Å². The smallest absolute Gasteiger partial charge is 0.251 e. The van der Waals surface area contributed by atoms with Crippen LogP contribution in [0.1, 0.15) is 19.8 Å². The summed E-state index contributed by atoms with van der Waals surface area (Å²) in [5.41, 5.74) is 0. The second-order valence-electron chi connectivity index (χ2n) is 3.33. The zero-order valence-electron chi connectivity index (χ0n) is 8.69. The van der Waals surface area contributed by atoms with Crippen LogP contribution < -0.4 is 5.32 Å². The second kappa shape index (κ2) is 7.21. The summed E-state index contributed by atoms with van der Waals surface area (Å²) in [4.78, 5) is 1.73. The maximum atomic E-state index is 12.1. The molecule has 1 N–H and O–H groups in total. The normalized spacial score (nSPS) is 14.1. The Bertz CT molecular complexity index is 114. The van der Waals surface area contributed by atoms with Gasteiger partial charge in [0.05, 0.1) is 6.54 Å². The molecule has 0 spiro atoms. The lowest BCUT2D eigenvalue weighted by Crippen LogP contribution is -2.41. The van der Waals surface area contributed by atoms with Gasteiger partial charge in [-0.1, -0.05) is 13.3 Å². The van der Waals surface area contributed by atoms with Gasteiger partial charge >= 0.3 is 0 Å². The van der Waals surface area contributed by atoms with Crippen LogP contribution in [0.15, 0.2) is 0 Å². The van der Waals surface area contributed by atoms with E-state index in [0.29, 0.717) is 0 Å². The summed E-state index contributed by atoms with van der Waals surface area (Å²) in [5.74, 6) is 0. The molecule has 0 fully saturated rings. The van der Waals surface area contributed by atoms with Gasteiger partial charge in [0.15, 0.2) is 0 Å². The van der Waals surface area contributed by atoms with E-state index in [-0.39, 0.29) is 12.6 Å². The zero-order chi connectivity index (χ0) is 10.3. The van der Waals surface area contributed by atoms with E-state index in [2.05, 4.69) is 12.2 Å². The second-order valence-corrected chi connectivity index (χ2v) is 3.33. The van der Waals surface area contributed by atoms with Crippen molar-refractivity contribution in [3.8, 4) is 0 Å². The standard InChI is InChI=1S/C9H20F2N2/c1-4-5-8(6-12-2)13(3)7-9(10)11/h8-9,12H,4-7H2,1-3H3. The van der Waals surface area contributed by atoms with Gasteiger partial charge in [0.2, 0.25) is 0 Å². The molecule has 13 heavy (non-hydrogen) atoms. The van der Waals surface area contributed by atoms with Gasteiger partial charge in [0, 0.05) is 12.6 Å². The number of hydrogen-bond donors (Lipinski definition) is 1. The van der Waals surface area contributed by atoms with Gasteiger partial charge in [-0.3, -0.25) is 4.90 Å². The molecule has 0 saturated carbocycles. The van der Waals surface area contributed by atoms with E-state index >= 15 is 0 Å². The largest absolute Gasteiger partial charge is 0.318 e. The molecule has 0 rings (SSSR count). The quantitative estimate of drug-likeness (QED) is 0.662. The molecule has 0 bridgehead atoms. The van der Waals surface area contributed by atoms with E-state index in [9.17, 15) is 8.78 Å². The zero-order valence-corrected chi connectivity index (χ0v) is 8.69. The Kier molecular flexibility index (Phi) is 7.09. The number of likely N-dealkylation sites (N-methyl/N-ethyl adjacent to an activating group) is 2. The lowest BCUT2D eigenvalue weighted by molar-refractivity contribution is 0.0784. The van der Waals surface area contributed by atoms with Crippen LogP contribution >= 0.6 is 0 Å². The molecule has 0 heterocycles. The molecule has 0 aliphatic carbocycles. The molecular weight excluding hydrogens is 174 g/mol. The molecule has 1 atom stereocenters. The van der Waals surface area contributed by atoms with Crippen LogP contribution in [0.5, 0.6) is 0 Å². The van der Waals surface area contributed by atoms with Crippen molar-refractivity contribution in [2.45, 2.75) is 32.2 Å². The summed E-state index contributed by atoms with van der Waals surface area (Å²) in [6.07, 6.45) is -0.245. The minimum absolute atomic E-state index is 0.133. The molecule has 0 radical (unpaired) electrons. The van der Waals surface area contributed by atoms with E-state index in [0.717, 1.165) is 19.4 Å². The molecular formula is C9H20F2N2. The molecule has 0 aromatic carbocycles. The highest BCUT2D eigenvalue weighted by Crippen LogP contribution is 2.06. The van der Waals surface area contributed by atoms with Crippen molar-refractivity contribution in [2.75, 3.05) is 27.2 Å². The number of nitrogens with one attached hydrogen (secondary N) is 1. The Morgan fingerprint density at radius 2 is 2.00 bits per heavy atom. The lowest BCUT2D eigenvalue weighted by atomic mass is 10.1. The van der Waals surface area contributed by atoms with Crippen LogP contribution in [-0.2, 0) is 0 Å². The van der Waals surface area contributed by atoms with Gasteiger partial charge in [-0.15, -0.1) is 0 Å². The third kappa shape index (κ3) is 5.93. The Balaban J connectivity index is 3.86. The van der Waals surface area contributed by atoms with Crippen LogP contribution in [0, 0.1) is 0 Å². The van der Waals surface area contributed by atoms with E-state index in [1.165, 1.54) is 0 Å². The first kappa shape index (κ1) is 12.8. The predicted molar refractivity (Wildman–Crippen MR) is 51.3 cm³/mol. The predicted octanol–water partition coefficient (Wildman–Crippen LogP) is 1.57. The van der Waals surface area contributed by atoms with Crippen LogP contribution in [0.3, 0.4) is 0 Å². The number of alkyl halides is 2. The van der Waals surface area contributed by atoms with Crippen molar-refractivity contribution in [3.05, 3.63) is 0 Å². The molecule has 2 nitrogen and oxygen atoms in total. The third-order valence-corrected chi connectivity index (χ3v) is 2.11. The van der Waals surface area contributed by atoms with Crippen molar-refractivity contribution in [1.82, 2.24) is 10.2 Å². The van der Waals surface area contributed by atoms with E-state index < -0.39 is 6.43 Å². The van der Waals surface area contributed by atoms with Gasteiger partial charge in [-0.05, 0) is 20.5 Å². The maximum Gasteiger partial charge on any atom is 0.251 e. The van der Waals surface area contributed by atoms with Crippen molar-refractivity contribution in [3.63, 3.8) is 0 Å². The summed E-state index contributed by atoms with van der Waals surface area (Å²) in [6.45, 7) is 2.71. The molecule has 0 amide bonds. The molecule has 0 aliphatic rings. The Labute approximate surface area is 79.3 Å². The average molecular weight is 194 g/mol. The average Bonchev–Trinajstić information content (AvgIpc) is 2.02. The van der Waals surface area contributed by atoms with Gasteiger partial charge in [0.25, 0.3) is 6.43 Å². The Morgan fingerprint density at radius 1 is 1.38 bits per heavy atom. The first-order chi connectivity index (χ1) is 6.11. The first-order valence-corrected chi connectivity index (χ1v) is 4.74. The van der Waals surface area contributed by atoms with Crippen LogP contribution in [0.25, 0.3) is 0 Å². The van der Waals surface area contributed by atoms with E-state index in [4.69, 9.17) is 0 Å². The highest BCUT2D eigenvalue weighted by atomic mass is 19.3. The van der Waals surface area contributed by atoms with E-state index in [1.54, 1.807) is 11.9 Å². The van der Waals surface area contributed by atoms with Gasteiger partial charge < -0.3 is 5.32 Å². The van der Waals surface area contributed by atoms with Crippen molar-refractivity contribution in [2.24, 2.45) is 0 Å². The first-order valence-electron chi connectivity index (χ1n) is 4.74. The van der Waals surface area contributed by atoms with Crippen molar-refractivity contribution < 1.29 is 8.78 Å². The molecule has 4 heteroatoms. The summed E-state index contributed by atoms with van der Waals surface area (Å²) < 4.78 is 24.1. The van der Waals surface area contributed by atoms with Crippen LogP contribution in [0.4, 0.5) is 8.78 Å². The minimum atomic E-state index is -2.23. The van der Waals surface area contributed by atoms with E-state index in [1.807, 2.05) is 7.05 Å². The molecule has 0 aromatic rings. The SMILES string of the molecule is CCCC(CNC)N(C)CC(F)F. The lowest BCUT2D eigenvalue weighted by Gasteiger charge is -2.27. The monoisotopic (exact) mass is 194 g/mol. The topological polar surface area (TPSA) is 15.3 Å². The fourth-order valence-electron chi connectivity index (χ4n) is 1.41. The fraction of sp³-hybridized carbons (Fsp3) is 1.00.